The maximum Gasteiger partial charge on any atom is 0.331 e. The summed E-state index contributed by atoms with van der Waals surface area (Å²) in [5, 5.41) is 39.4. The highest BCUT2D eigenvalue weighted by atomic mass is 16.5. The van der Waals surface area contributed by atoms with Crippen LogP contribution in [0.25, 0.3) is 0 Å². The van der Waals surface area contributed by atoms with Gasteiger partial charge in [-0.3, -0.25) is 9.78 Å². The molecule has 1 aromatic rings. The van der Waals surface area contributed by atoms with Gasteiger partial charge < -0.3 is 20.1 Å². The van der Waals surface area contributed by atoms with E-state index in [9.17, 15) is 24.9 Å². The van der Waals surface area contributed by atoms with Crippen molar-refractivity contribution in [1.82, 2.24) is 10.4 Å². The standard InChI is InChI=1S/C29H37N3O6/c1-26-8-3-22-23(29(26,37)11-5-21(26)19-14-24(34)38-16-19)4-10-28(36)15-20(33)2-9-27(22,28)17-31-32-25(35)18-6-12-30-13-7-18/h6-7,12-14,17,20-23,33,36-37H,2-5,8-11,15-16H2,1H3,(H,32,35)/b31-17-/t20-,21-,22+,23-,26-,27+,28-,29-/m1/s1. The highest BCUT2D eigenvalue weighted by molar-refractivity contribution is 5.94. The number of aliphatic hydroxyl groups is 3. The van der Waals surface area contributed by atoms with Crippen molar-refractivity contribution in [3.8, 4) is 0 Å². The molecule has 0 bridgehead atoms. The Hall–Kier alpha value is -2.62. The summed E-state index contributed by atoms with van der Waals surface area (Å²) in [6.45, 7) is 2.46. The molecule has 4 saturated carbocycles. The summed E-state index contributed by atoms with van der Waals surface area (Å²) in [7, 11) is 0. The maximum absolute atomic E-state index is 12.7. The Morgan fingerprint density at radius 2 is 1.87 bits per heavy atom. The fraction of sp³-hybridized carbons (Fsp3) is 0.655. The smallest absolute Gasteiger partial charge is 0.331 e. The lowest BCUT2D eigenvalue weighted by atomic mass is 9.41. The fourth-order valence-corrected chi connectivity index (χ4v) is 9.13. The van der Waals surface area contributed by atoms with E-state index >= 15 is 0 Å². The van der Waals surface area contributed by atoms with Crippen LogP contribution in [-0.4, -0.2) is 62.3 Å². The zero-order chi connectivity index (χ0) is 26.8. The molecule has 38 heavy (non-hydrogen) atoms. The van der Waals surface area contributed by atoms with Crippen LogP contribution in [0.15, 0.2) is 41.3 Å². The fourth-order valence-electron chi connectivity index (χ4n) is 9.13. The minimum atomic E-state index is -1.17. The second-order valence-electron chi connectivity index (χ2n) is 12.5. The van der Waals surface area contributed by atoms with E-state index in [0.29, 0.717) is 44.3 Å². The molecule has 4 aliphatic carbocycles. The number of hydrazone groups is 1. The van der Waals surface area contributed by atoms with Gasteiger partial charge in [0.2, 0.25) is 0 Å². The van der Waals surface area contributed by atoms with E-state index in [4.69, 9.17) is 4.74 Å². The first-order chi connectivity index (χ1) is 18.1. The van der Waals surface area contributed by atoms with E-state index in [1.54, 1.807) is 36.8 Å². The van der Waals surface area contributed by atoms with Crippen molar-refractivity contribution >= 4 is 18.1 Å². The molecule has 6 rings (SSSR count). The molecule has 0 aromatic carbocycles. The van der Waals surface area contributed by atoms with Gasteiger partial charge in [0, 0.05) is 47.5 Å². The minimum Gasteiger partial charge on any atom is -0.458 e. The van der Waals surface area contributed by atoms with Gasteiger partial charge in [-0.1, -0.05) is 6.92 Å². The second-order valence-corrected chi connectivity index (χ2v) is 12.5. The predicted molar refractivity (Wildman–Crippen MR) is 138 cm³/mol. The molecule has 204 valence electrons. The van der Waals surface area contributed by atoms with Crippen LogP contribution in [0.4, 0.5) is 0 Å². The number of nitrogens with one attached hydrogen (secondary N) is 1. The van der Waals surface area contributed by atoms with E-state index in [2.05, 4.69) is 22.4 Å². The lowest BCUT2D eigenvalue weighted by molar-refractivity contribution is -0.237. The number of aromatic nitrogens is 1. The Kier molecular flexibility index (Phi) is 6.05. The molecule has 8 atom stereocenters. The summed E-state index contributed by atoms with van der Waals surface area (Å²) >= 11 is 0. The first kappa shape index (κ1) is 25.6. The van der Waals surface area contributed by atoms with Crippen LogP contribution in [0.1, 0.15) is 75.1 Å². The topological polar surface area (TPSA) is 141 Å². The highest BCUT2D eigenvalue weighted by Gasteiger charge is 2.71. The molecule has 9 nitrogen and oxygen atoms in total. The van der Waals surface area contributed by atoms with Crippen molar-refractivity contribution in [2.45, 2.75) is 82.0 Å². The maximum atomic E-state index is 12.7. The van der Waals surface area contributed by atoms with Gasteiger partial charge in [0.25, 0.3) is 5.91 Å². The number of cyclic esters (lactones) is 1. The van der Waals surface area contributed by atoms with Crippen LogP contribution in [0, 0.1) is 28.6 Å². The average Bonchev–Trinajstić information content (AvgIpc) is 3.44. The first-order valence-corrected chi connectivity index (χ1v) is 13.9. The highest BCUT2D eigenvalue weighted by Crippen LogP contribution is 2.70. The normalized spacial score (nSPS) is 44.1. The molecule has 1 aliphatic heterocycles. The number of nitrogens with zero attached hydrogens (tertiary/aromatic N) is 2. The number of ether oxygens (including phenoxy) is 1. The molecule has 1 aromatic heterocycles. The van der Waals surface area contributed by atoms with Crippen molar-refractivity contribution < 1.29 is 29.6 Å². The van der Waals surface area contributed by atoms with Gasteiger partial charge in [-0.25, -0.2) is 10.2 Å². The number of esters is 1. The number of carbonyl (C=O) groups excluding carboxylic acids is 2. The number of rotatable bonds is 4. The number of fused-ring (bicyclic) bond motifs is 5. The zero-order valence-corrected chi connectivity index (χ0v) is 21.8. The zero-order valence-electron chi connectivity index (χ0n) is 21.8. The molecule has 0 radical (unpaired) electrons. The van der Waals surface area contributed by atoms with E-state index in [-0.39, 0.29) is 36.1 Å². The lowest BCUT2D eigenvalue weighted by Gasteiger charge is -2.65. The van der Waals surface area contributed by atoms with E-state index in [0.717, 1.165) is 24.8 Å². The van der Waals surface area contributed by atoms with Gasteiger partial charge in [0.05, 0.1) is 17.3 Å². The number of aliphatic hydroxyl groups excluding tert-OH is 1. The Balaban J connectivity index is 1.33. The van der Waals surface area contributed by atoms with Gasteiger partial charge in [-0.15, -0.1) is 0 Å². The molecule has 0 unspecified atom stereocenters. The van der Waals surface area contributed by atoms with E-state index in [1.165, 1.54) is 0 Å². The molecule has 4 fully saturated rings. The Bertz CT molecular complexity index is 1190. The monoisotopic (exact) mass is 523 g/mol. The molecular weight excluding hydrogens is 486 g/mol. The molecule has 5 aliphatic rings. The average molecular weight is 524 g/mol. The quantitative estimate of drug-likeness (QED) is 0.270. The first-order valence-electron chi connectivity index (χ1n) is 13.9. The minimum absolute atomic E-state index is 0.0532. The van der Waals surface area contributed by atoms with Gasteiger partial charge in [0.15, 0.2) is 0 Å². The second kappa shape index (κ2) is 8.96. The summed E-state index contributed by atoms with van der Waals surface area (Å²) in [5.41, 5.74) is 0.743. The third-order valence-corrected chi connectivity index (χ3v) is 11.0. The van der Waals surface area contributed by atoms with Crippen molar-refractivity contribution in [3.05, 3.63) is 41.7 Å². The summed E-state index contributed by atoms with van der Waals surface area (Å²) in [6, 6.07) is 3.22. The summed E-state index contributed by atoms with van der Waals surface area (Å²) < 4.78 is 5.22. The van der Waals surface area contributed by atoms with E-state index in [1.807, 2.05) is 0 Å². The van der Waals surface area contributed by atoms with Crippen molar-refractivity contribution in [3.63, 3.8) is 0 Å². The van der Waals surface area contributed by atoms with Crippen molar-refractivity contribution in [2.75, 3.05) is 6.61 Å². The molecule has 2 heterocycles. The van der Waals surface area contributed by atoms with Crippen LogP contribution < -0.4 is 5.43 Å². The number of carbonyl (C=O) groups is 2. The number of amides is 1. The Morgan fingerprint density at radius 1 is 1.11 bits per heavy atom. The third-order valence-electron chi connectivity index (χ3n) is 11.0. The SMILES string of the molecule is C[C@]12CC[C@H]3[C@@H](CC[C@@]4(O)C[C@H](O)CC[C@]34/C=N\NC(=O)c3ccncc3)[C@]1(O)CC[C@@H]2C1=CC(=O)OC1. The molecule has 1 amide bonds. The summed E-state index contributed by atoms with van der Waals surface area (Å²) in [6.07, 6.45) is 11.2. The summed E-state index contributed by atoms with van der Waals surface area (Å²) in [5.74, 6) is -0.703. The van der Waals surface area contributed by atoms with Crippen molar-refractivity contribution in [2.24, 2.45) is 33.7 Å². The number of pyridine rings is 1. The van der Waals surface area contributed by atoms with E-state index < -0.39 is 28.1 Å². The van der Waals surface area contributed by atoms with Crippen LogP contribution in [0.3, 0.4) is 0 Å². The Labute approximate surface area is 222 Å². The summed E-state index contributed by atoms with van der Waals surface area (Å²) in [4.78, 5) is 28.4. The van der Waals surface area contributed by atoms with Crippen LogP contribution in [0.2, 0.25) is 0 Å². The molecule has 0 spiro atoms. The molecular formula is C29H37N3O6. The van der Waals surface area contributed by atoms with Gasteiger partial charge in [0.1, 0.15) is 6.61 Å². The van der Waals surface area contributed by atoms with Crippen LogP contribution in [-0.2, 0) is 9.53 Å². The van der Waals surface area contributed by atoms with Gasteiger partial charge in [-0.05, 0) is 86.8 Å². The van der Waals surface area contributed by atoms with Gasteiger partial charge in [-0.2, -0.15) is 5.10 Å². The third kappa shape index (κ3) is 3.62. The predicted octanol–water partition coefficient (Wildman–Crippen LogP) is 2.51. The number of hydrogen-bond acceptors (Lipinski definition) is 8. The lowest BCUT2D eigenvalue weighted by Crippen LogP contribution is -2.68. The van der Waals surface area contributed by atoms with Crippen molar-refractivity contribution in [1.29, 1.82) is 0 Å². The number of hydrogen-bond donors (Lipinski definition) is 4. The van der Waals surface area contributed by atoms with Gasteiger partial charge >= 0.3 is 5.97 Å². The molecule has 4 N–H and O–H groups in total. The molecule has 0 saturated heterocycles. The largest absolute Gasteiger partial charge is 0.458 e. The molecule has 9 heteroatoms. The van der Waals surface area contributed by atoms with Crippen LogP contribution >= 0.6 is 0 Å². The Morgan fingerprint density at radius 3 is 2.61 bits per heavy atom. The van der Waals surface area contributed by atoms with Crippen LogP contribution in [0.5, 0.6) is 0 Å².